The van der Waals surface area contributed by atoms with E-state index in [1.807, 2.05) is 0 Å². The van der Waals surface area contributed by atoms with Gasteiger partial charge in [0.05, 0.1) is 12.2 Å². The fraction of sp³-hybridized carbons (Fsp3) is 0.933. The first-order chi connectivity index (χ1) is 16.8. The highest BCUT2D eigenvalue weighted by Gasteiger charge is 2.63. The summed E-state index contributed by atoms with van der Waals surface area (Å²) in [6.45, 7) is 5.61. The number of carboxylic acid groups (broad SMARTS) is 1. The second-order valence-electron chi connectivity index (χ2n) is 13.0. The Morgan fingerprint density at radius 1 is 0.943 bits per heavy atom. The van der Waals surface area contributed by atoms with E-state index in [1.165, 1.54) is 38.5 Å². The molecule has 0 aromatic heterocycles. The molecule has 4 saturated carbocycles. The monoisotopic (exact) mass is 490 g/mol. The van der Waals surface area contributed by atoms with Gasteiger partial charge in [-0.2, -0.15) is 0 Å². The van der Waals surface area contributed by atoms with Gasteiger partial charge in [-0.25, -0.2) is 0 Å². The number of ether oxygens (including phenoxy) is 1. The van der Waals surface area contributed by atoms with E-state index in [0.29, 0.717) is 35.9 Å². The molecule has 4 rings (SSSR count). The van der Waals surface area contributed by atoms with E-state index in [9.17, 15) is 14.7 Å². The van der Waals surface area contributed by atoms with Crippen molar-refractivity contribution in [3.8, 4) is 0 Å². The summed E-state index contributed by atoms with van der Waals surface area (Å²) in [5, 5.41) is 19.7. The molecule has 4 aliphatic rings. The number of rotatable bonds is 12. The van der Waals surface area contributed by atoms with Crippen LogP contribution in [-0.2, 0) is 14.3 Å². The van der Waals surface area contributed by atoms with E-state index in [1.54, 1.807) is 0 Å². The maximum Gasteiger partial charge on any atom is 0.303 e. The van der Waals surface area contributed by atoms with Crippen molar-refractivity contribution < 1.29 is 24.5 Å². The lowest BCUT2D eigenvalue weighted by molar-refractivity contribution is -0.192. The summed E-state index contributed by atoms with van der Waals surface area (Å²) in [6.07, 6.45) is 17.2. The van der Waals surface area contributed by atoms with Gasteiger partial charge in [0, 0.05) is 25.9 Å². The average molecular weight is 491 g/mol. The molecule has 5 nitrogen and oxygen atoms in total. The van der Waals surface area contributed by atoms with Gasteiger partial charge in [0.15, 0.2) is 0 Å². The predicted molar refractivity (Wildman–Crippen MR) is 137 cm³/mol. The van der Waals surface area contributed by atoms with Crippen LogP contribution in [0.5, 0.6) is 0 Å². The fourth-order valence-electron chi connectivity index (χ4n) is 8.94. The molecular formula is C30H50O5. The van der Waals surface area contributed by atoms with Gasteiger partial charge in [-0.1, -0.05) is 52.4 Å². The molecule has 4 fully saturated rings. The number of fused-ring (bicyclic) bond motifs is 5. The molecule has 0 bridgehead atoms. The third kappa shape index (κ3) is 5.81. The first kappa shape index (κ1) is 27.1. The quantitative estimate of drug-likeness (QED) is 0.303. The van der Waals surface area contributed by atoms with Gasteiger partial charge < -0.3 is 14.9 Å². The minimum Gasteiger partial charge on any atom is -0.481 e. The summed E-state index contributed by atoms with van der Waals surface area (Å²) in [6, 6.07) is 0. The summed E-state index contributed by atoms with van der Waals surface area (Å²) in [7, 11) is 0. The van der Waals surface area contributed by atoms with Gasteiger partial charge in [0.1, 0.15) is 5.78 Å². The van der Waals surface area contributed by atoms with Gasteiger partial charge in [0.25, 0.3) is 0 Å². The Morgan fingerprint density at radius 3 is 2.34 bits per heavy atom. The van der Waals surface area contributed by atoms with E-state index in [0.717, 1.165) is 70.8 Å². The minimum atomic E-state index is -0.684. The number of hydrogen-bond donors (Lipinski definition) is 2. The number of hydrogen-bond acceptors (Lipinski definition) is 4. The number of Topliss-reactive ketones (excluding diaryl/α,β-unsaturated/α-hetero) is 1. The maximum absolute atomic E-state index is 12.3. The van der Waals surface area contributed by atoms with Crippen molar-refractivity contribution >= 4 is 11.8 Å². The number of carbonyl (C=O) groups excluding carboxylic acids is 1. The molecule has 0 spiro atoms. The first-order valence-electron chi connectivity index (χ1n) is 14.8. The second kappa shape index (κ2) is 11.6. The molecule has 8 atom stereocenters. The molecule has 0 amide bonds. The molecule has 0 radical (unpaired) electrons. The van der Waals surface area contributed by atoms with E-state index in [-0.39, 0.29) is 23.0 Å². The fourth-order valence-corrected chi connectivity index (χ4v) is 8.94. The number of unbranched alkanes of at least 4 members (excludes halogenated alkanes) is 7. The lowest BCUT2D eigenvalue weighted by atomic mass is 9.44. The number of aliphatic hydroxyl groups excluding tert-OH is 1. The van der Waals surface area contributed by atoms with Crippen LogP contribution in [0.2, 0.25) is 0 Å². The zero-order valence-electron chi connectivity index (χ0n) is 22.3. The zero-order valence-corrected chi connectivity index (χ0v) is 22.3. The standard InChI is InChI=1S/C30H50O5/c1-29-17-16-22(31)19-21(29)12-13-23-24-14-15-26(32)30(24,2)20-25(28(23)29)35-18-10-8-6-4-3-5-7-9-11-27(33)34/h21,23-26,28,32H,3-20H2,1-2H3,(H,33,34)/t21-,23-,24-,25-,26-,28+,29-,30-/m0/s1. The van der Waals surface area contributed by atoms with Crippen molar-refractivity contribution in [2.75, 3.05) is 6.61 Å². The Kier molecular flexibility index (Phi) is 9.00. The van der Waals surface area contributed by atoms with Crippen LogP contribution in [-0.4, -0.2) is 40.8 Å². The Morgan fingerprint density at radius 2 is 1.63 bits per heavy atom. The van der Waals surface area contributed by atoms with Gasteiger partial charge in [-0.3, -0.25) is 9.59 Å². The second-order valence-corrected chi connectivity index (χ2v) is 13.0. The van der Waals surface area contributed by atoms with Crippen LogP contribution in [0.4, 0.5) is 0 Å². The molecule has 200 valence electrons. The summed E-state index contributed by atoms with van der Waals surface area (Å²) >= 11 is 0. The average Bonchev–Trinajstić information content (AvgIpc) is 3.11. The van der Waals surface area contributed by atoms with Crippen LogP contribution in [0, 0.1) is 34.5 Å². The lowest BCUT2D eigenvalue weighted by Gasteiger charge is -2.62. The van der Waals surface area contributed by atoms with Crippen molar-refractivity contribution in [3.63, 3.8) is 0 Å². The molecule has 0 unspecified atom stereocenters. The SMILES string of the molecule is C[C@]12CCC(=O)C[C@@H]1CC[C@@H]1[C@@H]2[C@@H](OCCCCCCCCCCC(=O)O)C[C@]2(C)[C@@H](O)CC[C@@H]12. The van der Waals surface area contributed by atoms with Gasteiger partial charge in [0.2, 0.25) is 0 Å². The number of carboxylic acids is 1. The molecule has 5 heteroatoms. The molecule has 0 aliphatic heterocycles. The first-order valence-corrected chi connectivity index (χ1v) is 14.8. The van der Waals surface area contributed by atoms with Crippen LogP contribution in [0.15, 0.2) is 0 Å². The van der Waals surface area contributed by atoms with Gasteiger partial charge >= 0.3 is 5.97 Å². The summed E-state index contributed by atoms with van der Waals surface area (Å²) in [4.78, 5) is 22.9. The van der Waals surface area contributed by atoms with Crippen LogP contribution < -0.4 is 0 Å². The molecule has 0 aromatic carbocycles. The molecule has 0 aromatic rings. The van der Waals surface area contributed by atoms with Crippen molar-refractivity contribution in [1.29, 1.82) is 0 Å². The highest BCUT2D eigenvalue weighted by molar-refractivity contribution is 5.79. The van der Waals surface area contributed by atoms with Crippen molar-refractivity contribution in [2.45, 2.75) is 135 Å². The Labute approximate surface area is 212 Å². The third-order valence-electron chi connectivity index (χ3n) is 11.0. The lowest BCUT2D eigenvalue weighted by Crippen LogP contribution is -2.60. The largest absolute Gasteiger partial charge is 0.481 e. The molecule has 4 aliphatic carbocycles. The van der Waals surface area contributed by atoms with E-state index in [2.05, 4.69) is 13.8 Å². The smallest absolute Gasteiger partial charge is 0.303 e. The number of carbonyl (C=O) groups is 2. The predicted octanol–water partition coefficient (Wildman–Crippen LogP) is 6.55. The minimum absolute atomic E-state index is 0.0137. The van der Waals surface area contributed by atoms with E-state index >= 15 is 0 Å². The third-order valence-corrected chi connectivity index (χ3v) is 11.0. The number of ketones is 1. The summed E-state index contributed by atoms with van der Waals surface area (Å²) in [5.74, 6) is 2.06. The maximum atomic E-state index is 12.3. The summed E-state index contributed by atoms with van der Waals surface area (Å²) < 4.78 is 6.75. The Hall–Kier alpha value is -0.940. The molecule has 0 saturated heterocycles. The highest BCUT2D eigenvalue weighted by atomic mass is 16.5. The van der Waals surface area contributed by atoms with Gasteiger partial charge in [-0.05, 0) is 85.9 Å². The van der Waals surface area contributed by atoms with Crippen LogP contribution in [0.25, 0.3) is 0 Å². The van der Waals surface area contributed by atoms with Crippen LogP contribution in [0.1, 0.15) is 123 Å². The van der Waals surface area contributed by atoms with Gasteiger partial charge in [-0.15, -0.1) is 0 Å². The molecule has 35 heavy (non-hydrogen) atoms. The number of aliphatic carboxylic acids is 1. The topological polar surface area (TPSA) is 83.8 Å². The van der Waals surface area contributed by atoms with E-state index in [4.69, 9.17) is 9.84 Å². The van der Waals surface area contributed by atoms with Crippen LogP contribution in [0.3, 0.4) is 0 Å². The van der Waals surface area contributed by atoms with Crippen molar-refractivity contribution in [1.82, 2.24) is 0 Å². The van der Waals surface area contributed by atoms with Crippen molar-refractivity contribution in [2.24, 2.45) is 34.5 Å². The summed E-state index contributed by atoms with van der Waals surface area (Å²) in [5.41, 5.74) is 0.192. The van der Waals surface area contributed by atoms with E-state index < -0.39 is 5.97 Å². The molecule has 0 heterocycles. The normalized spacial score (nSPS) is 40.7. The molecule has 2 N–H and O–H groups in total. The zero-order chi connectivity index (χ0) is 25.1. The van der Waals surface area contributed by atoms with Crippen LogP contribution >= 0.6 is 0 Å². The Bertz CT molecular complexity index is 736. The number of aliphatic hydroxyl groups is 1. The Balaban J connectivity index is 1.28. The highest BCUT2D eigenvalue weighted by Crippen LogP contribution is 2.66. The van der Waals surface area contributed by atoms with Crippen molar-refractivity contribution in [3.05, 3.63) is 0 Å². The molecular weight excluding hydrogens is 440 g/mol.